The van der Waals surface area contributed by atoms with Gasteiger partial charge in [-0.05, 0) is 23.3 Å². The van der Waals surface area contributed by atoms with E-state index in [9.17, 15) is 4.79 Å². The van der Waals surface area contributed by atoms with E-state index in [1.165, 1.54) is 17.0 Å². The van der Waals surface area contributed by atoms with E-state index in [2.05, 4.69) is 23.3 Å². The Bertz CT molecular complexity index is 785. The first kappa shape index (κ1) is 12.4. The Labute approximate surface area is 116 Å². The molecule has 0 unspecified atom stereocenters. The lowest BCUT2D eigenvalue weighted by Gasteiger charge is -2.08. The summed E-state index contributed by atoms with van der Waals surface area (Å²) >= 11 is 0. The van der Waals surface area contributed by atoms with Gasteiger partial charge in [0.25, 0.3) is 0 Å². The first-order valence-corrected chi connectivity index (χ1v) is 6.39. The Morgan fingerprint density at radius 2 is 1.95 bits per heavy atom. The zero-order valence-electron chi connectivity index (χ0n) is 11.1. The van der Waals surface area contributed by atoms with Crippen LogP contribution in [0.5, 0.6) is 0 Å². The van der Waals surface area contributed by atoms with Gasteiger partial charge in [-0.25, -0.2) is 4.79 Å². The largest absolute Gasteiger partial charge is 0.478 e. The van der Waals surface area contributed by atoms with Gasteiger partial charge in [0.05, 0.1) is 18.4 Å². The van der Waals surface area contributed by atoms with Gasteiger partial charge < -0.3 is 5.11 Å². The molecular formula is C16H14N2O2. The molecule has 0 bridgehead atoms. The lowest BCUT2D eigenvalue weighted by Crippen LogP contribution is -2.06. The summed E-state index contributed by atoms with van der Waals surface area (Å²) in [6, 6.07) is 14.3. The first-order valence-electron chi connectivity index (χ1n) is 6.39. The summed E-state index contributed by atoms with van der Waals surface area (Å²) in [4.78, 5) is 11.0. The van der Waals surface area contributed by atoms with Crippen LogP contribution in [0.15, 0.2) is 48.7 Å². The minimum atomic E-state index is -0.938. The number of aromatic nitrogens is 2. The molecule has 1 aromatic heterocycles. The van der Waals surface area contributed by atoms with E-state index in [0.29, 0.717) is 12.2 Å². The van der Waals surface area contributed by atoms with Gasteiger partial charge in [-0.3, -0.25) is 4.68 Å². The molecule has 1 N–H and O–H groups in total. The van der Waals surface area contributed by atoms with Gasteiger partial charge in [-0.15, -0.1) is 0 Å². The zero-order valence-corrected chi connectivity index (χ0v) is 11.1. The van der Waals surface area contributed by atoms with Gasteiger partial charge in [0.15, 0.2) is 0 Å². The smallest absolute Gasteiger partial charge is 0.339 e. The number of carbonyl (C=O) groups is 1. The van der Waals surface area contributed by atoms with Gasteiger partial charge in [-0.2, -0.15) is 5.10 Å². The Morgan fingerprint density at radius 1 is 1.20 bits per heavy atom. The fourth-order valence-electron chi connectivity index (χ4n) is 2.41. The minimum Gasteiger partial charge on any atom is -0.478 e. The van der Waals surface area contributed by atoms with Gasteiger partial charge in [0.2, 0.25) is 0 Å². The summed E-state index contributed by atoms with van der Waals surface area (Å²) in [5.41, 5.74) is 2.06. The molecule has 0 amide bonds. The molecule has 0 fully saturated rings. The number of benzene rings is 2. The third-order valence-corrected chi connectivity index (χ3v) is 3.53. The van der Waals surface area contributed by atoms with Crippen molar-refractivity contribution in [2.24, 2.45) is 0 Å². The van der Waals surface area contributed by atoms with Crippen LogP contribution in [0.3, 0.4) is 0 Å². The quantitative estimate of drug-likeness (QED) is 0.792. The zero-order chi connectivity index (χ0) is 14.1. The van der Waals surface area contributed by atoms with Gasteiger partial charge in [0, 0.05) is 0 Å². The second kappa shape index (κ2) is 4.81. The highest BCUT2D eigenvalue weighted by atomic mass is 16.4. The van der Waals surface area contributed by atoms with Crippen molar-refractivity contribution in [1.29, 1.82) is 0 Å². The highest BCUT2D eigenvalue weighted by Crippen LogP contribution is 2.20. The van der Waals surface area contributed by atoms with Crippen LogP contribution in [0, 0.1) is 6.92 Å². The van der Waals surface area contributed by atoms with Crippen LogP contribution in [0.4, 0.5) is 0 Å². The average Bonchev–Trinajstić information content (AvgIpc) is 2.81. The van der Waals surface area contributed by atoms with Gasteiger partial charge >= 0.3 is 5.97 Å². The summed E-state index contributed by atoms with van der Waals surface area (Å²) in [5, 5.41) is 15.6. The van der Waals surface area contributed by atoms with E-state index in [1.807, 2.05) is 24.3 Å². The molecule has 3 rings (SSSR count). The summed E-state index contributed by atoms with van der Waals surface area (Å²) < 4.78 is 1.73. The molecule has 4 nitrogen and oxygen atoms in total. The van der Waals surface area contributed by atoms with Crippen LogP contribution in [0.25, 0.3) is 10.8 Å². The Balaban J connectivity index is 2.04. The van der Waals surface area contributed by atoms with E-state index >= 15 is 0 Å². The van der Waals surface area contributed by atoms with Crippen LogP contribution in [0.1, 0.15) is 21.6 Å². The van der Waals surface area contributed by atoms with E-state index in [0.717, 1.165) is 5.56 Å². The number of hydrogen-bond donors (Lipinski definition) is 1. The highest BCUT2D eigenvalue weighted by molar-refractivity contribution is 5.88. The van der Waals surface area contributed by atoms with Gasteiger partial charge in [0.1, 0.15) is 5.56 Å². The molecule has 3 aromatic rings. The minimum absolute atomic E-state index is 0.255. The van der Waals surface area contributed by atoms with Crippen molar-refractivity contribution in [2.45, 2.75) is 13.5 Å². The molecule has 0 spiro atoms. The maximum Gasteiger partial charge on any atom is 0.339 e. The molecule has 2 aromatic carbocycles. The van der Waals surface area contributed by atoms with Crippen LogP contribution < -0.4 is 0 Å². The summed E-state index contributed by atoms with van der Waals surface area (Å²) in [5.74, 6) is -0.938. The van der Waals surface area contributed by atoms with Crippen LogP contribution >= 0.6 is 0 Å². The number of fused-ring (bicyclic) bond motifs is 1. The maximum atomic E-state index is 11.0. The van der Waals surface area contributed by atoms with Crippen molar-refractivity contribution in [3.63, 3.8) is 0 Å². The number of carboxylic acids is 1. The van der Waals surface area contributed by atoms with Crippen molar-refractivity contribution in [1.82, 2.24) is 9.78 Å². The standard InChI is InChI=1S/C16H14N2O2/c1-11-15(16(19)20)9-17-18(11)10-13-7-4-6-12-5-2-3-8-14(12)13/h2-9H,10H2,1H3,(H,19,20). The number of rotatable bonds is 3. The molecular weight excluding hydrogens is 252 g/mol. The van der Waals surface area contributed by atoms with Crippen molar-refractivity contribution in [3.8, 4) is 0 Å². The van der Waals surface area contributed by atoms with Crippen molar-refractivity contribution < 1.29 is 9.90 Å². The summed E-state index contributed by atoms with van der Waals surface area (Å²) in [6.45, 7) is 2.35. The van der Waals surface area contributed by atoms with Gasteiger partial charge in [-0.1, -0.05) is 42.5 Å². The Kier molecular flexibility index (Phi) is 2.99. The van der Waals surface area contributed by atoms with E-state index in [1.54, 1.807) is 11.6 Å². The fraction of sp³-hybridized carbons (Fsp3) is 0.125. The van der Waals surface area contributed by atoms with Crippen LogP contribution in [0.2, 0.25) is 0 Å². The molecule has 0 saturated heterocycles. The molecule has 0 aliphatic rings. The molecule has 0 aliphatic heterocycles. The first-order chi connectivity index (χ1) is 9.66. The Morgan fingerprint density at radius 3 is 2.70 bits per heavy atom. The van der Waals surface area contributed by atoms with E-state index < -0.39 is 5.97 Å². The molecule has 0 atom stereocenters. The summed E-state index contributed by atoms with van der Waals surface area (Å²) in [6.07, 6.45) is 1.41. The summed E-state index contributed by atoms with van der Waals surface area (Å²) in [7, 11) is 0. The molecule has 0 radical (unpaired) electrons. The third kappa shape index (κ3) is 2.05. The fourth-order valence-corrected chi connectivity index (χ4v) is 2.41. The highest BCUT2D eigenvalue weighted by Gasteiger charge is 2.13. The second-order valence-electron chi connectivity index (χ2n) is 4.74. The average molecular weight is 266 g/mol. The SMILES string of the molecule is Cc1c(C(=O)O)cnn1Cc1cccc2ccccc12. The predicted molar refractivity (Wildman–Crippen MR) is 77.0 cm³/mol. The van der Waals surface area contributed by atoms with Crippen LogP contribution in [-0.2, 0) is 6.54 Å². The molecule has 100 valence electrons. The molecule has 0 saturated carbocycles. The topological polar surface area (TPSA) is 55.1 Å². The monoisotopic (exact) mass is 266 g/mol. The molecule has 20 heavy (non-hydrogen) atoms. The third-order valence-electron chi connectivity index (χ3n) is 3.53. The number of hydrogen-bond acceptors (Lipinski definition) is 2. The molecule has 1 heterocycles. The van der Waals surface area contributed by atoms with E-state index in [-0.39, 0.29) is 5.56 Å². The normalized spacial score (nSPS) is 10.8. The number of nitrogens with zero attached hydrogens (tertiary/aromatic N) is 2. The molecule has 4 heteroatoms. The molecule has 0 aliphatic carbocycles. The lowest BCUT2D eigenvalue weighted by molar-refractivity contribution is 0.0696. The predicted octanol–water partition coefficient (Wildman–Crippen LogP) is 3.09. The lowest BCUT2D eigenvalue weighted by atomic mass is 10.0. The van der Waals surface area contributed by atoms with Crippen molar-refractivity contribution >= 4 is 16.7 Å². The van der Waals surface area contributed by atoms with Crippen LogP contribution in [-0.4, -0.2) is 20.9 Å². The number of carboxylic acid groups (broad SMARTS) is 1. The maximum absolute atomic E-state index is 11.0. The van der Waals surface area contributed by atoms with E-state index in [4.69, 9.17) is 5.11 Å². The van der Waals surface area contributed by atoms with Crippen molar-refractivity contribution in [2.75, 3.05) is 0 Å². The van der Waals surface area contributed by atoms with Crippen molar-refractivity contribution in [3.05, 3.63) is 65.5 Å². The second-order valence-corrected chi connectivity index (χ2v) is 4.74. The Hall–Kier alpha value is -2.62. The number of aromatic carboxylic acids is 1.